The molecule has 1 heterocycles. The van der Waals surface area contributed by atoms with Crippen LogP contribution in [-0.4, -0.2) is 6.54 Å². The van der Waals surface area contributed by atoms with Gasteiger partial charge in [0.1, 0.15) is 0 Å². The average Bonchev–Trinajstić information content (AvgIpc) is 2.06. The molecule has 2 rings (SSSR count). The molecular weight excluding hydrogens is 226 g/mol. The van der Waals surface area contributed by atoms with Crippen LogP contribution in [0.5, 0.6) is 0 Å². The van der Waals surface area contributed by atoms with Crippen molar-refractivity contribution in [3.8, 4) is 0 Å². The molecule has 1 aromatic carbocycles. The van der Waals surface area contributed by atoms with Gasteiger partial charge >= 0.3 is 0 Å². The molecule has 1 nitrogen and oxygen atoms in total. The van der Waals surface area contributed by atoms with Crippen molar-refractivity contribution >= 4 is 21.6 Å². The molecule has 0 bridgehead atoms. The van der Waals surface area contributed by atoms with Crippen molar-refractivity contribution in [3.63, 3.8) is 0 Å². The molecule has 1 N–H and O–H groups in total. The van der Waals surface area contributed by atoms with Crippen molar-refractivity contribution in [1.29, 1.82) is 0 Å². The highest BCUT2D eigenvalue weighted by atomic mass is 79.9. The van der Waals surface area contributed by atoms with E-state index in [1.807, 2.05) is 0 Å². The van der Waals surface area contributed by atoms with Gasteiger partial charge in [-0.1, -0.05) is 26.0 Å². The summed E-state index contributed by atoms with van der Waals surface area (Å²) in [7, 11) is 0. The fraction of sp³-hybridized carbons (Fsp3) is 0.455. The van der Waals surface area contributed by atoms with E-state index < -0.39 is 0 Å². The van der Waals surface area contributed by atoms with Crippen LogP contribution in [0.15, 0.2) is 22.7 Å². The third kappa shape index (κ3) is 1.48. The number of hydrogen-bond donors (Lipinski definition) is 1. The number of fused-ring (bicyclic) bond motifs is 1. The number of anilines is 1. The van der Waals surface area contributed by atoms with Gasteiger partial charge in [-0.15, -0.1) is 0 Å². The van der Waals surface area contributed by atoms with Crippen molar-refractivity contribution in [2.24, 2.45) is 0 Å². The fourth-order valence-electron chi connectivity index (χ4n) is 1.90. The van der Waals surface area contributed by atoms with E-state index in [1.165, 1.54) is 22.1 Å². The van der Waals surface area contributed by atoms with Crippen LogP contribution >= 0.6 is 15.9 Å². The molecule has 13 heavy (non-hydrogen) atoms. The zero-order valence-corrected chi connectivity index (χ0v) is 9.61. The molecule has 0 atom stereocenters. The predicted molar refractivity (Wildman–Crippen MR) is 60.3 cm³/mol. The summed E-state index contributed by atoms with van der Waals surface area (Å²) in [5.41, 5.74) is 3.01. The van der Waals surface area contributed by atoms with Crippen molar-refractivity contribution in [2.75, 3.05) is 11.9 Å². The minimum atomic E-state index is 0.310. The summed E-state index contributed by atoms with van der Waals surface area (Å²) in [5, 5.41) is 3.44. The summed E-state index contributed by atoms with van der Waals surface area (Å²) >= 11 is 3.57. The Labute approximate surface area is 87.7 Å². The Kier molecular flexibility index (Phi) is 2.11. The molecule has 1 aliphatic rings. The van der Waals surface area contributed by atoms with Gasteiger partial charge < -0.3 is 5.32 Å². The Bertz CT molecular complexity index is 331. The van der Waals surface area contributed by atoms with E-state index in [2.05, 4.69) is 53.3 Å². The molecule has 0 saturated heterocycles. The van der Waals surface area contributed by atoms with Gasteiger partial charge in [0.15, 0.2) is 0 Å². The van der Waals surface area contributed by atoms with E-state index in [-0.39, 0.29) is 0 Å². The summed E-state index contributed by atoms with van der Waals surface area (Å²) in [5.74, 6) is 0. The normalized spacial score (nSPS) is 19.0. The molecule has 1 aromatic rings. The first-order chi connectivity index (χ1) is 6.11. The highest BCUT2D eigenvalue weighted by molar-refractivity contribution is 9.10. The number of hydrogen-bond acceptors (Lipinski definition) is 1. The first-order valence-electron chi connectivity index (χ1n) is 4.64. The first-order valence-corrected chi connectivity index (χ1v) is 5.43. The number of para-hydroxylation sites is 1. The number of nitrogens with one attached hydrogen (secondary N) is 1. The van der Waals surface area contributed by atoms with E-state index in [1.54, 1.807) is 0 Å². The molecular formula is C11H14BrN. The maximum absolute atomic E-state index is 3.57. The monoisotopic (exact) mass is 239 g/mol. The second kappa shape index (κ2) is 3.02. The lowest BCUT2D eigenvalue weighted by molar-refractivity contribution is 0.481. The van der Waals surface area contributed by atoms with Crippen molar-refractivity contribution in [2.45, 2.75) is 25.7 Å². The maximum atomic E-state index is 3.57. The third-order valence-corrected chi connectivity index (χ3v) is 3.46. The summed E-state index contributed by atoms with van der Waals surface area (Å²) in [6.07, 6.45) is 1.20. The van der Waals surface area contributed by atoms with Crippen LogP contribution in [0.25, 0.3) is 0 Å². The van der Waals surface area contributed by atoms with Gasteiger partial charge in [-0.05, 0) is 39.4 Å². The Morgan fingerprint density at radius 2 is 2.15 bits per heavy atom. The third-order valence-electron chi connectivity index (χ3n) is 2.79. The van der Waals surface area contributed by atoms with Crippen LogP contribution in [0, 0.1) is 0 Å². The van der Waals surface area contributed by atoms with E-state index in [4.69, 9.17) is 0 Å². The summed E-state index contributed by atoms with van der Waals surface area (Å²) in [4.78, 5) is 0. The van der Waals surface area contributed by atoms with Crippen LogP contribution in [-0.2, 0) is 5.41 Å². The first kappa shape index (κ1) is 9.07. The van der Waals surface area contributed by atoms with Crippen LogP contribution in [0.4, 0.5) is 5.69 Å². The maximum Gasteiger partial charge on any atom is 0.0522 e. The van der Waals surface area contributed by atoms with Crippen LogP contribution in [0.1, 0.15) is 25.8 Å². The highest BCUT2D eigenvalue weighted by Crippen LogP contribution is 2.39. The Balaban J connectivity index is 2.58. The molecule has 0 spiro atoms. The quantitative estimate of drug-likeness (QED) is 0.731. The molecule has 0 amide bonds. The van der Waals surface area contributed by atoms with E-state index in [0.29, 0.717) is 5.41 Å². The summed E-state index contributed by atoms with van der Waals surface area (Å²) in [6, 6.07) is 6.41. The van der Waals surface area contributed by atoms with Gasteiger partial charge in [-0.2, -0.15) is 0 Å². The topological polar surface area (TPSA) is 12.0 Å². The molecule has 1 aliphatic heterocycles. The molecule has 0 aromatic heterocycles. The van der Waals surface area contributed by atoms with Gasteiger partial charge in [0, 0.05) is 11.0 Å². The lowest BCUT2D eigenvalue weighted by Crippen LogP contribution is -2.28. The fourth-order valence-corrected chi connectivity index (χ4v) is 2.41. The van der Waals surface area contributed by atoms with Gasteiger partial charge in [0.05, 0.1) is 5.69 Å². The second-order valence-corrected chi connectivity index (χ2v) is 5.08. The predicted octanol–water partition coefficient (Wildman–Crippen LogP) is 3.54. The van der Waals surface area contributed by atoms with Crippen LogP contribution in [0.2, 0.25) is 0 Å². The largest absolute Gasteiger partial charge is 0.384 e. The molecule has 0 fully saturated rings. The van der Waals surface area contributed by atoms with Gasteiger partial charge in [0.2, 0.25) is 0 Å². The van der Waals surface area contributed by atoms with Crippen molar-refractivity contribution in [1.82, 2.24) is 0 Å². The minimum Gasteiger partial charge on any atom is -0.384 e. The molecule has 70 valence electrons. The molecule has 2 heteroatoms. The van der Waals surface area contributed by atoms with E-state index in [9.17, 15) is 0 Å². The molecule has 0 radical (unpaired) electrons. The van der Waals surface area contributed by atoms with Crippen molar-refractivity contribution < 1.29 is 0 Å². The molecule has 0 aliphatic carbocycles. The van der Waals surface area contributed by atoms with E-state index >= 15 is 0 Å². The minimum absolute atomic E-state index is 0.310. The van der Waals surface area contributed by atoms with E-state index in [0.717, 1.165) is 6.54 Å². The Morgan fingerprint density at radius 1 is 1.38 bits per heavy atom. The summed E-state index contributed by atoms with van der Waals surface area (Å²) in [6.45, 7) is 5.68. The smallest absolute Gasteiger partial charge is 0.0522 e. The van der Waals surface area contributed by atoms with Crippen LogP contribution in [0.3, 0.4) is 0 Å². The zero-order chi connectivity index (χ0) is 9.47. The number of rotatable bonds is 0. The Hall–Kier alpha value is -0.500. The number of halogens is 1. The molecule has 0 saturated carbocycles. The van der Waals surface area contributed by atoms with Gasteiger partial charge in [-0.25, -0.2) is 0 Å². The second-order valence-electron chi connectivity index (χ2n) is 4.22. The zero-order valence-electron chi connectivity index (χ0n) is 8.02. The number of benzene rings is 1. The lowest BCUT2D eigenvalue weighted by Gasteiger charge is -2.33. The SMILES string of the molecule is CC1(C)CCNc2c(Br)cccc21. The highest BCUT2D eigenvalue weighted by Gasteiger charge is 2.27. The lowest BCUT2D eigenvalue weighted by atomic mass is 9.78. The standard InChI is InChI=1S/C11H14BrN/c1-11(2)6-7-13-10-8(11)4-3-5-9(10)12/h3-5,13H,6-7H2,1-2H3. The van der Waals surface area contributed by atoms with Gasteiger partial charge in [0.25, 0.3) is 0 Å². The summed E-state index contributed by atoms with van der Waals surface area (Å²) < 4.78 is 1.18. The van der Waals surface area contributed by atoms with Crippen LogP contribution < -0.4 is 5.32 Å². The average molecular weight is 240 g/mol. The molecule has 0 unspecified atom stereocenters. The van der Waals surface area contributed by atoms with Crippen molar-refractivity contribution in [3.05, 3.63) is 28.2 Å². The van der Waals surface area contributed by atoms with Gasteiger partial charge in [-0.3, -0.25) is 0 Å². The Morgan fingerprint density at radius 3 is 2.85 bits per heavy atom.